The Hall–Kier alpha value is -2.02. The molecule has 4 N–H and O–H groups in total. The average Bonchev–Trinajstić information content (AvgIpc) is 2.81. The molecule has 7 heteroatoms. The molecular weight excluding hydrogens is 262 g/mol. The molecule has 100 valence electrons. The van der Waals surface area contributed by atoms with E-state index in [0.29, 0.717) is 11.7 Å². The van der Waals surface area contributed by atoms with Gasteiger partial charge < -0.3 is 11.1 Å². The number of hydrogen-bond donors (Lipinski definition) is 3. The zero-order valence-corrected chi connectivity index (χ0v) is 11.3. The van der Waals surface area contributed by atoms with Crippen molar-refractivity contribution in [3.63, 3.8) is 0 Å². The van der Waals surface area contributed by atoms with Crippen LogP contribution in [0.5, 0.6) is 0 Å². The number of hydrogen-bond acceptors (Lipinski definition) is 5. The van der Waals surface area contributed by atoms with Crippen LogP contribution in [0.15, 0.2) is 29.4 Å². The highest BCUT2D eigenvalue weighted by Gasteiger charge is 2.06. The summed E-state index contributed by atoms with van der Waals surface area (Å²) in [7, 11) is 0. The molecule has 2 aromatic rings. The van der Waals surface area contributed by atoms with E-state index in [4.69, 9.17) is 5.73 Å². The fraction of sp³-hybridized carbons (Fsp3) is 0.250. The lowest BCUT2D eigenvalue weighted by Gasteiger charge is -2.06. The third kappa shape index (κ3) is 3.99. The van der Waals surface area contributed by atoms with Gasteiger partial charge in [0.25, 0.3) is 0 Å². The van der Waals surface area contributed by atoms with Crippen molar-refractivity contribution < 1.29 is 4.79 Å². The number of carbonyl (C=O) groups is 1. The van der Waals surface area contributed by atoms with Gasteiger partial charge in [0.2, 0.25) is 17.0 Å². The third-order valence-electron chi connectivity index (χ3n) is 2.55. The van der Waals surface area contributed by atoms with E-state index in [1.165, 1.54) is 11.8 Å². The number of aromatic nitrogens is 3. The van der Waals surface area contributed by atoms with Crippen molar-refractivity contribution in [2.45, 2.75) is 18.6 Å². The lowest BCUT2D eigenvalue weighted by atomic mass is 10.1. The number of benzene rings is 1. The Morgan fingerprint density at radius 1 is 1.47 bits per heavy atom. The Balaban J connectivity index is 1.77. The summed E-state index contributed by atoms with van der Waals surface area (Å²) in [5.41, 5.74) is 7.67. The molecule has 0 unspecified atom stereocenters. The van der Waals surface area contributed by atoms with Crippen molar-refractivity contribution in [2.24, 2.45) is 0 Å². The Labute approximate surface area is 115 Å². The van der Waals surface area contributed by atoms with Gasteiger partial charge in [-0.25, -0.2) is 5.10 Å². The maximum Gasteiger partial charge on any atom is 0.230 e. The van der Waals surface area contributed by atoms with Gasteiger partial charge in [-0.3, -0.25) is 4.79 Å². The molecule has 19 heavy (non-hydrogen) atoms. The molecule has 0 aliphatic carbocycles. The Bertz CT molecular complexity index is 569. The van der Waals surface area contributed by atoms with Gasteiger partial charge in [-0.05, 0) is 18.1 Å². The van der Waals surface area contributed by atoms with E-state index in [2.05, 4.69) is 20.5 Å². The molecule has 0 atom stereocenters. The number of thioether (sulfide) groups is 1. The van der Waals surface area contributed by atoms with E-state index in [-0.39, 0.29) is 17.6 Å². The lowest BCUT2D eigenvalue weighted by molar-refractivity contribution is -0.118. The highest BCUT2D eigenvalue weighted by Crippen LogP contribution is 2.12. The molecule has 1 heterocycles. The van der Waals surface area contributed by atoms with Crippen LogP contribution in [-0.4, -0.2) is 26.8 Å². The summed E-state index contributed by atoms with van der Waals surface area (Å²) in [5, 5.41) is 9.70. The molecule has 1 aromatic heterocycles. The third-order valence-corrected chi connectivity index (χ3v) is 3.40. The highest BCUT2D eigenvalue weighted by molar-refractivity contribution is 7.99. The van der Waals surface area contributed by atoms with Crippen molar-refractivity contribution in [3.8, 4) is 0 Å². The van der Waals surface area contributed by atoms with Crippen LogP contribution in [-0.2, 0) is 11.3 Å². The molecule has 0 saturated carbocycles. The van der Waals surface area contributed by atoms with E-state index in [9.17, 15) is 4.79 Å². The second-order valence-corrected chi connectivity index (χ2v) is 4.94. The first-order chi connectivity index (χ1) is 9.15. The summed E-state index contributed by atoms with van der Waals surface area (Å²) in [6.07, 6.45) is 0. The van der Waals surface area contributed by atoms with E-state index in [1.807, 2.05) is 31.2 Å². The first-order valence-corrected chi connectivity index (χ1v) is 6.75. The van der Waals surface area contributed by atoms with Crippen LogP contribution >= 0.6 is 11.8 Å². The van der Waals surface area contributed by atoms with Gasteiger partial charge in [0, 0.05) is 6.54 Å². The summed E-state index contributed by atoms with van der Waals surface area (Å²) < 4.78 is 0. The highest BCUT2D eigenvalue weighted by atomic mass is 32.2. The number of nitrogens with one attached hydrogen (secondary N) is 2. The van der Waals surface area contributed by atoms with Gasteiger partial charge in [-0.2, -0.15) is 4.98 Å². The van der Waals surface area contributed by atoms with Gasteiger partial charge in [0.05, 0.1) is 5.75 Å². The molecule has 0 fully saturated rings. The van der Waals surface area contributed by atoms with Gasteiger partial charge in [0.1, 0.15) is 0 Å². The summed E-state index contributed by atoms with van der Waals surface area (Å²) in [5.74, 6) is 0.461. The molecule has 1 amide bonds. The predicted molar refractivity (Wildman–Crippen MR) is 74.5 cm³/mol. The number of nitrogens with two attached hydrogens (primary N) is 1. The van der Waals surface area contributed by atoms with Crippen LogP contribution in [0.25, 0.3) is 0 Å². The maximum atomic E-state index is 11.7. The van der Waals surface area contributed by atoms with E-state index >= 15 is 0 Å². The topological polar surface area (TPSA) is 96.7 Å². The van der Waals surface area contributed by atoms with Crippen molar-refractivity contribution in [1.29, 1.82) is 0 Å². The largest absolute Gasteiger partial charge is 0.368 e. The van der Waals surface area contributed by atoms with E-state index in [1.54, 1.807) is 0 Å². The number of anilines is 1. The number of nitrogens with zero attached hydrogens (tertiary/aromatic N) is 2. The van der Waals surface area contributed by atoms with Crippen LogP contribution in [0, 0.1) is 6.92 Å². The number of aryl methyl sites for hydroxylation is 1. The minimum absolute atomic E-state index is 0.0587. The number of rotatable bonds is 5. The number of H-pyrrole nitrogens is 1. The number of carbonyl (C=O) groups excluding carboxylic acids is 1. The zero-order valence-electron chi connectivity index (χ0n) is 10.5. The Morgan fingerprint density at radius 2 is 2.26 bits per heavy atom. The number of aromatic amines is 1. The molecule has 6 nitrogen and oxygen atoms in total. The van der Waals surface area contributed by atoms with Crippen molar-refractivity contribution in [1.82, 2.24) is 20.5 Å². The summed E-state index contributed by atoms with van der Waals surface area (Å²) in [6.45, 7) is 2.55. The lowest BCUT2D eigenvalue weighted by Crippen LogP contribution is -2.24. The van der Waals surface area contributed by atoms with Crippen LogP contribution < -0.4 is 11.1 Å². The van der Waals surface area contributed by atoms with Crippen LogP contribution in [0.3, 0.4) is 0 Å². The maximum absolute atomic E-state index is 11.7. The minimum atomic E-state index is -0.0587. The predicted octanol–water partition coefficient (Wildman–Crippen LogP) is 1.10. The van der Waals surface area contributed by atoms with Crippen LogP contribution in [0.4, 0.5) is 5.95 Å². The number of nitrogen functional groups attached to an aromatic ring is 1. The molecule has 0 saturated heterocycles. The smallest absolute Gasteiger partial charge is 0.230 e. The van der Waals surface area contributed by atoms with Crippen LogP contribution in [0.2, 0.25) is 0 Å². The van der Waals surface area contributed by atoms with Crippen molar-refractivity contribution in [3.05, 3.63) is 35.4 Å². The zero-order chi connectivity index (χ0) is 13.7. The SMILES string of the molecule is Cc1ccccc1CNC(=O)CSc1n[nH]c(N)n1. The second-order valence-electron chi connectivity index (χ2n) is 4.00. The summed E-state index contributed by atoms with van der Waals surface area (Å²) in [6, 6.07) is 7.95. The summed E-state index contributed by atoms with van der Waals surface area (Å²) in [4.78, 5) is 15.6. The average molecular weight is 277 g/mol. The normalized spacial score (nSPS) is 10.4. The van der Waals surface area contributed by atoms with Gasteiger partial charge in [-0.15, -0.1) is 5.10 Å². The fourth-order valence-corrected chi connectivity index (χ4v) is 2.14. The molecule has 2 rings (SSSR count). The second kappa shape index (κ2) is 6.24. The standard InChI is InChI=1S/C12H15N5OS/c1-8-4-2-3-5-9(8)6-14-10(18)7-19-12-15-11(13)16-17-12/h2-5H,6-7H2,1H3,(H,14,18)(H3,13,15,16,17). The molecular formula is C12H15N5OS. The molecule has 0 radical (unpaired) electrons. The van der Waals surface area contributed by atoms with Gasteiger partial charge >= 0.3 is 0 Å². The minimum Gasteiger partial charge on any atom is -0.368 e. The van der Waals surface area contributed by atoms with E-state index < -0.39 is 0 Å². The molecule has 1 aromatic carbocycles. The molecule has 0 aliphatic heterocycles. The Morgan fingerprint density at radius 3 is 2.95 bits per heavy atom. The van der Waals surface area contributed by atoms with Crippen LogP contribution in [0.1, 0.15) is 11.1 Å². The molecule has 0 bridgehead atoms. The first-order valence-electron chi connectivity index (χ1n) is 5.77. The van der Waals surface area contributed by atoms with Crippen molar-refractivity contribution >= 4 is 23.6 Å². The molecule has 0 spiro atoms. The van der Waals surface area contributed by atoms with Gasteiger partial charge in [0.15, 0.2) is 0 Å². The van der Waals surface area contributed by atoms with Crippen molar-refractivity contribution in [2.75, 3.05) is 11.5 Å². The first kappa shape index (κ1) is 13.4. The monoisotopic (exact) mass is 277 g/mol. The number of amides is 1. The molecule has 0 aliphatic rings. The van der Waals surface area contributed by atoms with E-state index in [0.717, 1.165) is 11.1 Å². The quantitative estimate of drug-likeness (QED) is 0.711. The fourth-order valence-electron chi connectivity index (χ4n) is 1.51. The van der Waals surface area contributed by atoms with Gasteiger partial charge in [-0.1, -0.05) is 36.0 Å². The summed E-state index contributed by atoms with van der Waals surface area (Å²) >= 11 is 1.24. The Kier molecular flexibility index (Phi) is 4.40.